The maximum absolute atomic E-state index is 5.39. The van der Waals surface area contributed by atoms with E-state index in [1.807, 2.05) is 6.07 Å². The number of benzene rings is 1. The number of hydrogen-bond donors (Lipinski definition) is 1. The predicted molar refractivity (Wildman–Crippen MR) is 89.5 cm³/mol. The molecule has 0 radical (unpaired) electrons. The second-order valence-corrected chi connectivity index (χ2v) is 6.04. The number of likely N-dealkylation sites (N-methyl/N-ethyl adjacent to an activating group) is 1. The Morgan fingerprint density at radius 2 is 2.09 bits per heavy atom. The standard InChI is InChI=1S/C17H26N4O/c1-20-11-8-18-17(20)19-13-16(21-9-3-4-10-21)14-6-5-7-15(12-14)22-2/h5-7,12,16H,3-4,8-11,13H2,1-2H3,(H,18,19). The number of ether oxygens (including phenoxy) is 1. The van der Waals surface area contributed by atoms with Crippen LogP contribution in [-0.4, -0.2) is 62.6 Å². The maximum Gasteiger partial charge on any atom is 0.193 e. The lowest BCUT2D eigenvalue weighted by Gasteiger charge is -2.29. The summed E-state index contributed by atoms with van der Waals surface area (Å²) in [6.07, 6.45) is 2.59. The van der Waals surface area contributed by atoms with E-state index < -0.39 is 0 Å². The molecule has 0 spiro atoms. The fraction of sp³-hybridized carbons (Fsp3) is 0.588. The van der Waals surface area contributed by atoms with Crippen LogP contribution in [0.1, 0.15) is 24.4 Å². The summed E-state index contributed by atoms with van der Waals surface area (Å²) in [5, 5.41) is 3.54. The van der Waals surface area contributed by atoms with Gasteiger partial charge in [-0.1, -0.05) is 12.1 Å². The molecule has 0 aromatic heterocycles. The Morgan fingerprint density at radius 1 is 1.27 bits per heavy atom. The average molecular weight is 302 g/mol. The SMILES string of the molecule is COc1cccc(C(CNC2=NCCN2C)N2CCCC2)c1. The second kappa shape index (κ2) is 7.01. The number of rotatable bonds is 5. The van der Waals surface area contributed by atoms with Gasteiger partial charge in [0.15, 0.2) is 5.96 Å². The molecule has 2 heterocycles. The van der Waals surface area contributed by atoms with E-state index in [2.05, 4.69) is 45.4 Å². The van der Waals surface area contributed by atoms with Crippen LogP contribution in [0.15, 0.2) is 29.3 Å². The number of likely N-dealkylation sites (tertiary alicyclic amines) is 1. The van der Waals surface area contributed by atoms with Crippen molar-refractivity contribution in [1.82, 2.24) is 15.1 Å². The van der Waals surface area contributed by atoms with Crippen molar-refractivity contribution in [3.05, 3.63) is 29.8 Å². The molecule has 1 N–H and O–H groups in total. The summed E-state index contributed by atoms with van der Waals surface area (Å²) in [7, 11) is 3.82. The third-order valence-electron chi connectivity index (χ3n) is 4.57. The first-order valence-electron chi connectivity index (χ1n) is 8.15. The van der Waals surface area contributed by atoms with Crippen molar-refractivity contribution in [2.24, 2.45) is 4.99 Å². The Kier molecular flexibility index (Phi) is 4.83. The maximum atomic E-state index is 5.39. The van der Waals surface area contributed by atoms with Crippen molar-refractivity contribution in [3.63, 3.8) is 0 Å². The van der Waals surface area contributed by atoms with Crippen molar-refractivity contribution in [3.8, 4) is 5.75 Å². The van der Waals surface area contributed by atoms with E-state index in [9.17, 15) is 0 Å². The van der Waals surface area contributed by atoms with Gasteiger partial charge in [-0.05, 0) is 43.6 Å². The monoisotopic (exact) mass is 302 g/mol. The summed E-state index contributed by atoms with van der Waals surface area (Å²) in [6.45, 7) is 5.14. The summed E-state index contributed by atoms with van der Waals surface area (Å²) in [4.78, 5) is 9.28. The fourth-order valence-corrected chi connectivity index (χ4v) is 3.27. The van der Waals surface area contributed by atoms with Crippen LogP contribution in [0.3, 0.4) is 0 Å². The molecule has 0 bridgehead atoms. The molecule has 0 amide bonds. The highest BCUT2D eigenvalue weighted by Gasteiger charge is 2.25. The van der Waals surface area contributed by atoms with Crippen LogP contribution in [0.5, 0.6) is 5.75 Å². The highest BCUT2D eigenvalue weighted by molar-refractivity contribution is 5.81. The van der Waals surface area contributed by atoms with Gasteiger partial charge in [0.1, 0.15) is 5.75 Å². The van der Waals surface area contributed by atoms with Crippen molar-refractivity contribution < 1.29 is 4.74 Å². The van der Waals surface area contributed by atoms with Crippen LogP contribution < -0.4 is 10.1 Å². The van der Waals surface area contributed by atoms with E-state index in [-0.39, 0.29) is 0 Å². The molecule has 1 aromatic rings. The Labute approximate surface area is 133 Å². The molecule has 5 heteroatoms. The average Bonchev–Trinajstić information content (AvgIpc) is 3.20. The minimum atomic E-state index is 0.370. The van der Waals surface area contributed by atoms with Gasteiger partial charge in [0.25, 0.3) is 0 Å². The zero-order valence-corrected chi connectivity index (χ0v) is 13.6. The minimum Gasteiger partial charge on any atom is -0.497 e. The lowest BCUT2D eigenvalue weighted by molar-refractivity contribution is 0.244. The predicted octanol–water partition coefficient (Wildman–Crippen LogP) is 1.72. The highest BCUT2D eigenvalue weighted by atomic mass is 16.5. The Balaban J connectivity index is 1.74. The molecule has 22 heavy (non-hydrogen) atoms. The van der Waals surface area contributed by atoms with E-state index in [0.717, 1.165) is 31.3 Å². The lowest BCUT2D eigenvalue weighted by Crippen LogP contribution is -2.41. The summed E-state index contributed by atoms with van der Waals surface area (Å²) in [6, 6.07) is 8.82. The molecule has 1 saturated heterocycles. The molecule has 0 saturated carbocycles. The van der Waals surface area contributed by atoms with Crippen LogP contribution in [0.4, 0.5) is 0 Å². The van der Waals surface area contributed by atoms with Gasteiger partial charge in [-0.25, -0.2) is 0 Å². The van der Waals surface area contributed by atoms with Gasteiger partial charge >= 0.3 is 0 Å². The van der Waals surface area contributed by atoms with Crippen LogP contribution in [0.2, 0.25) is 0 Å². The smallest absolute Gasteiger partial charge is 0.193 e. The van der Waals surface area contributed by atoms with Gasteiger partial charge < -0.3 is 15.0 Å². The first kappa shape index (κ1) is 15.2. The quantitative estimate of drug-likeness (QED) is 0.899. The molecule has 2 aliphatic heterocycles. The Hall–Kier alpha value is -1.75. The number of nitrogens with zero attached hydrogens (tertiary/aromatic N) is 3. The van der Waals surface area contributed by atoms with Gasteiger partial charge in [-0.2, -0.15) is 0 Å². The molecular formula is C17H26N4O. The van der Waals surface area contributed by atoms with Gasteiger partial charge in [-0.15, -0.1) is 0 Å². The topological polar surface area (TPSA) is 40.1 Å². The third kappa shape index (κ3) is 3.35. The number of hydrogen-bond acceptors (Lipinski definition) is 5. The summed E-state index contributed by atoms with van der Waals surface area (Å²) in [5.74, 6) is 1.95. The molecular weight excluding hydrogens is 276 g/mol. The molecule has 3 rings (SSSR count). The third-order valence-corrected chi connectivity index (χ3v) is 4.57. The van der Waals surface area contributed by atoms with Crippen LogP contribution in [-0.2, 0) is 0 Å². The van der Waals surface area contributed by atoms with E-state index in [1.165, 1.54) is 31.5 Å². The zero-order chi connectivity index (χ0) is 15.4. The van der Waals surface area contributed by atoms with Crippen LogP contribution in [0.25, 0.3) is 0 Å². The number of methoxy groups -OCH3 is 1. The number of aliphatic imine (C=N–C) groups is 1. The molecule has 120 valence electrons. The lowest BCUT2D eigenvalue weighted by atomic mass is 10.1. The first-order valence-corrected chi connectivity index (χ1v) is 8.15. The van der Waals surface area contributed by atoms with E-state index in [4.69, 9.17) is 4.74 Å². The largest absolute Gasteiger partial charge is 0.497 e. The summed E-state index contributed by atoms with van der Waals surface area (Å²) < 4.78 is 5.39. The van der Waals surface area contributed by atoms with E-state index in [0.29, 0.717) is 6.04 Å². The normalized spacial score (nSPS) is 20.1. The van der Waals surface area contributed by atoms with Crippen molar-refractivity contribution in [2.45, 2.75) is 18.9 Å². The van der Waals surface area contributed by atoms with Gasteiger partial charge in [0.05, 0.1) is 19.7 Å². The fourth-order valence-electron chi connectivity index (χ4n) is 3.27. The molecule has 0 aliphatic carbocycles. The first-order chi connectivity index (χ1) is 10.8. The second-order valence-electron chi connectivity index (χ2n) is 6.04. The number of guanidine groups is 1. The van der Waals surface area contributed by atoms with Crippen LogP contribution in [0, 0.1) is 0 Å². The van der Waals surface area contributed by atoms with Crippen molar-refractivity contribution in [1.29, 1.82) is 0 Å². The van der Waals surface area contributed by atoms with Crippen molar-refractivity contribution in [2.75, 3.05) is 46.9 Å². The van der Waals surface area contributed by atoms with E-state index in [1.54, 1.807) is 7.11 Å². The van der Waals surface area contributed by atoms with Crippen molar-refractivity contribution >= 4 is 5.96 Å². The molecule has 1 aromatic carbocycles. The molecule has 2 aliphatic rings. The summed E-state index contributed by atoms with van der Waals surface area (Å²) in [5.41, 5.74) is 1.31. The Morgan fingerprint density at radius 3 is 2.77 bits per heavy atom. The number of nitrogens with one attached hydrogen (secondary N) is 1. The van der Waals surface area contributed by atoms with E-state index >= 15 is 0 Å². The van der Waals surface area contributed by atoms with Gasteiger partial charge in [-0.3, -0.25) is 9.89 Å². The van der Waals surface area contributed by atoms with Gasteiger partial charge in [0.2, 0.25) is 0 Å². The molecule has 1 unspecified atom stereocenters. The zero-order valence-electron chi connectivity index (χ0n) is 13.6. The molecule has 1 atom stereocenters. The Bertz CT molecular complexity index is 525. The minimum absolute atomic E-state index is 0.370. The summed E-state index contributed by atoms with van der Waals surface area (Å²) >= 11 is 0. The van der Waals surface area contributed by atoms with Gasteiger partial charge in [0, 0.05) is 20.1 Å². The molecule has 1 fully saturated rings. The molecule has 5 nitrogen and oxygen atoms in total. The van der Waals surface area contributed by atoms with Crippen LogP contribution >= 0.6 is 0 Å². The highest BCUT2D eigenvalue weighted by Crippen LogP contribution is 2.27.